The summed E-state index contributed by atoms with van der Waals surface area (Å²) >= 11 is 1.46. The first kappa shape index (κ1) is 17.7. The van der Waals surface area contributed by atoms with E-state index in [1.54, 1.807) is 6.92 Å². The van der Waals surface area contributed by atoms with Gasteiger partial charge in [-0.15, -0.1) is 11.3 Å². The predicted molar refractivity (Wildman–Crippen MR) is 88.6 cm³/mol. The van der Waals surface area contributed by atoms with E-state index in [1.165, 1.54) is 11.3 Å². The summed E-state index contributed by atoms with van der Waals surface area (Å²) in [5.41, 5.74) is 0.677. The lowest BCUT2D eigenvalue weighted by molar-refractivity contribution is -0.117. The van der Waals surface area contributed by atoms with Gasteiger partial charge >= 0.3 is 6.16 Å². The van der Waals surface area contributed by atoms with Crippen LogP contribution in [0.25, 0.3) is 0 Å². The number of thiazole rings is 1. The van der Waals surface area contributed by atoms with E-state index in [0.717, 1.165) is 29.8 Å². The van der Waals surface area contributed by atoms with E-state index in [4.69, 9.17) is 9.47 Å². The summed E-state index contributed by atoms with van der Waals surface area (Å²) < 4.78 is 10.2. The van der Waals surface area contributed by atoms with Gasteiger partial charge in [-0.3, -0.25) is 4.79 Å². The Morgan fingerprint density at radius 2 is 2.13 bits per heavy atom. The number of aryl methyl sites for hydroxylation is 1. The minimum Gasteiger partial charge on any atom is -0.435 e. The molecule has 23 heavy (non-hydrogen) atoms. The van der Waals surface area contributed by atoms with Crippen LogP contribution in [-0.2, 0) is 20.7 Å². The standard InChI is InChI=1S/C16H24N2O4S/c1-5-21-15(20)22-10-7-6-8-11-13(10)18-14(23-11)17-12(19)9-16(2,3)4/h10H,5-9H2,1-4H3,(H,17,18,19). The smallest absolute Gasteiger partial charge is 0.435 e. The molecule has 6 nitrogen and oxygen atoms in total. The number of fused-ring (bicyclic) bond motifs is 1. The molecule has 0 radical (unpaired) electrons. The molecule has 0 spiro atoms. The van der Waals surface area contributed by atoms with Crippen molar-refractivity contribution in [2.45, 2.75) is 59.5 Å². The van der Waals surface area contributed by atoms with Gasteiger partial charge in [0.2, 0.25) is 5.91 Å². The Labute approximate surface area is 140 Å². The summed E-state index contributed by atoms with van der Waals surface area (Å²) in [6, 6.07) is 0. The molecule has 0 aromatic carbocycles. The molecule has 1 atom stereocenters. The number of aromatic nitrogens is 1. The Bertz CT molecular complexity index is 577. The Morgan fingerprint density at radius 3 is 2.78 bits per heavy atom. The van der Waals surface area contributed by atoms with Crippen molar-refractivity contribution in [1.82, 2.24) is 4.98 Å². The van der Waals surface area contributed by atoms with E-state index < -0.39 is 6.16 Å². The largest absolute Gasteiger partial charge is 0.508 e. The summed E-state index contributed by atoms with van der Waals surface area (Å²) in [7, 11) is 0. The number of amides is 1. The van der Waals surface area contributed by atoms with E-state index in [9.17, 15) is 9.59 Å². The molecule has 1 heterocycles. The zero-order valence-corrected chi connectivity index (χ0v) is 14.9. The van der Waals surface area contributed by atoms with Crippen LogP contribution in [0.1, 0.15) is 63.6 Å². The summed E-state index contributed by atoms with van der Waals surface area (Å²) in [4.78, 5) is 29.1. The molecular weight excluding hydrogens is 316 g/mol. The molecule has 0 aliphatic heterocycles. The van der Waals surface area contributed by atoms with Crippen molar-refractivity contribution >= 4 is 28.5 Å². The van der Waals surface area contributed by atoms with Gasteiger partial charge in [0.1, 0.15) is 6.10 Å². The molecule has 1 amide bonds. The highest BCUT2D eigenvalue weighted by atomic mass is 32.1. The van der Waals surface area contributed by atoms with Gasteiger partial charge in [0.25, 0.3) is 0 Å². The van der Waals surface area contributed by atoms with Crippen LogP contribution in [0.2, 0.25) is 0 Å². The number of ether oxygens (including phenoxy) is 2. The van der Waals surface area contributed by atoms with Gasteiger partial charge in [0.05, 0.1) is 12.3 Å². The summed E-state index contributed by atoms with van der Waals surface area (Å²) in [5.74, 6) is -0.0496. The second kappa shape index (κ2) is 7.29. The number of nitrogens with one attached hydrogen (secondary N) is 1. The number of carbonyl (C=O) groups excluding carboxylic acids is 2. The van der Waals surface area contributed by atoms with Crippen LogP contribution in [0.3, 0.4) is 0 Å². The third-order valence-electron chi connectivity index (χ3n) is 3.34. The SMILES string of the molecule is CCOC(=O)OC1CCCc2sc(NC(=O)CC(C)(C)C)nc21. The van der Waals surface area contributed by atoms with Crippen molar-refractivity contribution in [3.63, 3.8) is 0 Å². The minimum atomic E-state index is -0.670. The molecule has 1 aromatic rings. The second-order valence-corrected chi connectivity index (χ2v) is 7.88. The van der Waals surface area contributed by atoms with Crippen molar-refractivity contribution in [1.29, 1.82) is 0 Å². The number of nitrogens with zero attached hydrogens (tertiary/aromatic N) is 1. The number of carbonyl (C=O) groups is 2. The lowest BCUT2D eigenvalue weighted by atomic mass is 9.92. The third-order valence-corrected chi connectivity index (χ3v) is 4.39. The molecule has 0 bridgehead atoms. The van der Waals surface area contributed by atoms with Crippen LogP contribution < -0.4 is 5.32 Å². The highest BCUT2D eigenvalue weighted by molar-refractivity contribution is 7.15. The molecule has 128 valence electrons. The van der Waals surface area contributed by atoms with Crippen LogP contribution in [0.5, 0.6) is 0 Å². The van der Waals surface area contributed by atoms with E-state index in [1.807, 2.05) is 20.8 Å². The molecule has 1 aliphatic carbocycles. The van der Waals surface area contributed by atoms with Crippen LogP contribution in [0, 0.1) is 5.41 Å². The zero-order chi connectivity index (χ0) is 17.0. The zero-order valence-electron chi connectivity index (χ0n) is 14.1. The lowest BCUT2D eigenvalue weighted by Crippen LogP contribution is -2.20. The van der Waals surface area contributed by atoms with Crippen molar-refractivity contribution in [3.05, 3.63) is 10.6 Å². The van der Waals surface area contributed by atoms with Gasteiger partial charge in [-0.1, -0.05) is 20.8 Å². The maximum atomic E-state index is 12.0. The maximum Gasteiger partial charge on any atom is 0.508 e. The lowest BCUT2D eigenvalue weighted by Gasteiger charge is -2.20. The Hall–Kier alpha value is -1.63. The van der Waals surface area contributed by atoms with E-state index in [2.05, 4.69) is 10.3 Å². The Balaban J connectivity index is 2.05. The molecule has 7 heteroatoms. The van der Waals surface area contributed by atoms with Crippen LogP contribution in [-0.4, -0.2) is 23.7 Å². The molecule has 1 unspecified atom stereocenters. The van der Waals surface area contributed by atoms with E-state index >= 15 is 0 Å². The Kier molecular flexibility index (Phi) is 5.62. The van der Waals surface area contributed by atoms with Gasteiger partial charge in [0, 0.05) is 11.3 Å². The first-order chi connectivity index (χ1) is 10.8. The molecule has 0 saturated heterocycles. The van der Waals surface area contributed by atoms with Gasteiger partial charge in [-0.05, 0) is 31.6 Å². The summed E-state index contributed by atoms with van der Waals surface area (Å²) in [6.45, 7) is 8.07. The second-order valence-electron chi connectivity index (χ2n) is 6.79. The first-order valence-electron chi connectivity index (χ1n) is 7.91. The molecular formula is C16H24N2O4S. The number of rotatable bonds is 4. The minimum absolute atomic E-state index is 0.0496. The van der Waals surface area contributed by atoms with Crippen molar-refractivity contribution in [3.8, 4) is 0 Å². The summed E-state index contributed by atoms with van der Waals surface area (Å²) in [6.07, 6.45) is 1.92. The number of hydrogen-bond donors (Lipinski definition) is 1. The van der Waals surface area contributed by atoms with Crippen molar-refractivity contribution in [2.24, 2.45) is 5.41 Å². The maximum absolute atomic E-state index is 12.0. The van der Waals surface area contributed by atoms with Crippen LogP contribution in [0.4, 0.5) is 9.93 Å². The van der Waals surface area contributed by atoms with E-state index in [-0.39, 0.29) is 24.0 Å². The third kappa shape index (κ3) is 5.20. The molecule has 1 aliphatic rings. The fraction of sp³-hybridized carbons (Fsp3) is 0.688. The van der Waals surface area contributed by atoms with Gasteiger partial charge in [-0.25, -0.2) is 9.78 Å². The fourth-order valence-electron chi connectivity index (χ4n) is 2.46. The molecule has 2 rings (SSSR count). The van der Waals surface area contributed by atoms with Gasteiger partial charge in [-0.2, -0.15) is 0 Å². The van der Waals surface area contributed by atoms with Gasteiger partial charge < -0.3 is 14.8 Å². The topological polar surface area (TPSA) is 77.5 Å². The highest BCUT2D eigenvalue weighted by Gasteiger charge is 2.29. The first-order valence-corrected chi connectivity index (χ1v) is 8.73. The van der Waals surface area contributed by atoms with E-state index in [0.29, 0.717) is 11.6 Å². The molecule has 1 aromatic heterocycles. The predicted octanol–water partition coefficient (Wildman–Crippen LogP) is 4.07. The van der Waals surface area contributed by atoms with Crippen molar-refractivity contribution in [2.75, 3.05) is 11.9 Å². The fourth-order valence-corrected chi connectivity index (χ4v) is 3.53. The van der Waals surface area contributed by atoms with Crippen LogP contribution in [0.15, 0.2) is 0 Å². The number of anilines is 1. The normalized spacial score (nSPS) is 17.3. The average Bonchev–Trinajstić information content (AvgIpc) is 2.79. The quantitative estimate of drug-likeness (QED) is 0.836. The van der Waals surface area contributed by atoms with Crippen molar-refractivity contribution < 1.29 is 19.1 Å². The average molecular weight is 340 g/mol. The monoisotopic (exact) mass is 340 g/mol. The summed E-state index contributed by atoms with van der Waals surface area (Å²) in [5, 5.41) is 3.42. The highest BCUT2D eigenvalue weighted by Crippen LogP contribution is 2.37. The Morgan fingerprint density at radius 1 is 1.39 bits per heavy atom. The van der Waals surface area contributed by atoms with Crippen LogP contribution >= 0.6 is 11.3 Å². The van der Waals surface area contributed by atoms with Gasteiger partial charge in [0.15, 0.2) is 5.13 Å². The molecule has 0 fully saturated rings. The molecule has 0 saturated carbocycles. The number of hydrogen-bond acceptors (Lipinski definition) is 6. The molecule has 1 N–H and O–H groups in total.